The highest BCUT2D eigenvalue weighted by molar-refractivity contribution is 5.77. The Morgan fingerprint density at radius 3 is 2.92 bits per heavy atom. The molecule has 0 saturated heterocycles. The topological polar surface area (TPSA) is 105 Å². The fourth-order valence-corrected chi connectivity index (χ4v) is 2.49. The molecule has 4 rings (SSSR count). The summed E-state index contributed by atoms with van der Waals surface area (Å²) in [6.45, 7) is 0. The van der Waals surface area contributed by atoms with Crippen LogP contribution in [0, 0.1) is 0 Å². The van der Waals surface area contributed by atoms with Gasteiger partial charge in [-0.2, -0.15) is 9.67 Å². The van der Waals surface area contributed by atoms with E-state index < -0.39 is 0 Å². The molecule has 0 saturated carbocycles. The summed E-state index contributed by atoms with van der Waals surface area (Å²) >= 11 is 0. The molecule has 8 heteroatoms. The number of anilines is 1. The fraction of sp³-hybridized carbons (Fsp3) is 0.125. The van der Waals surface area contributed by atoms with Gasteiger partial charge in [-0.25, -0.2) is 4.98 Å². The van der Waals surface area contributed by atoms with Crippen molar-refractivity contribution in [2.45, 2.75) is 6.42 Å². The fourth-order valence-electron chi connectivity index (χ4n) is 2.49. The smallest absolute Gasteiger partial charge is 0.222 e. The van der Waals surface area contributed by atoms with Crippen LogP contribution < -0.4 is 10.5 Å². The number of fused-ring (bicyclic) bond motifs is 1. The maximum absolute atomic E-state index is 5.85. The standard InChI is InChI=1S/C16H14N6O2/c1-23-11-4-5-14-13(9-11)20-21-22(14)15-8-10(18-16(17)19-15)7-12-3-2-6-24-12/h2-6,8-9H,7H2,1H3,(H2,17,18,19). The number of hydrogen-bond acceptors (Lipinski definition) is 7. The number of nitrogens with two attached hydrogens (primary N) is 1. The lowest BCUT2D eigenvalue weighted by atomic mass is 10.2. The highest BCUT2D eigenvalue weighted by atomic mass is 16.5. The van der Waals surface area contributed by atoms with E-state index in [1.807, 2.05) is 36.4 Å². The first-order chi connectivity index (χ1) is 11.7. The van der Waals surface area contributed by atoms with Gasteiger partial charge in [0.2, 0.25) is 5.95 Å². The van der Waals surface area contributed by atoms with E-state index in [2.05, 4.69) is 20.3 Å². The molecule has 3 heterocycles. The molecule has 24 heavy (non-hydrogen) atoms. The monoisotopic (exact) mass is 322 g/mol. The van der Waals surface area contributed by atoms with Crippen LogP contribution in [-0.2, 0) is 6.42 Å². The first-order valence-corrected chi connectivity index (χ1v) is 7.28. The molecular weight excluding hydrogens is 308 g/mol. The second-order valence-corrected chi connectivity index (χ2v) is 5.19. The number of nitrogen functional groups attached to an aromatic ring is 1. The molecule has 0 spiro atoms. The average Bonchev–Trinajstić information content (AvgIpc) is 3.22. The number of rotatable bonds is 4. The van der Waals surface area contributed by atoms with Crippen molar-refractivity contribution in [1.29, 1.82) is 0 Å². The summed E-state index contributed by atoms with van der Waals surface area (Å²) in [6, 6.07) is 11.1. The van der Waals surface area contributed by atoms with Crippen molar-refractivity contribution in [2.24, 2.45) is 0 Å². The van der Waals surface area contributed by atoms with Gasteiger partial charge in [-0.1, -0.05) is 5.21 Å². The van der Waals surface area contributed by atoms with Gasteiger partial charge in [-0.15, -0.1) is 5.10 Å². The Kier molecular flexibility index (Phi) is 3.34. The van der Waals surface area contributed by atoms with Crippen LogP contribution in [-0.4, -0.2) is 32.1 Å². The molecule has 8 nitrogen and oxygen atoms in total. The zero-order valence-electron chi connectivity index (χ0n) is 12.9. The van der Waals surface area contributed by atoms with Gasteiger partial charge >= 0.3 is 0 Å². The summed E-state index contributed by atoms with van der Waals surface area (Å²) in [6.07, 6.45) is 2.15. The number of benzene rings is 1. The molecule has 0 amide bonds. The van der Waals surface area contributed by atoms with Gasteiger partial charge in [0, 0.05) is 18.6 Å². The molecular formula is C16H14N6O2. The molecule has 0 aliphatic carbocycles. The zero-order valence-corrected chi connectivity index (χ0v) is 12.9. The lowest BCUT2D eigenvalue weighted by Gasteiger charge is -2.06. The number of aromatic nitrogens is 5. The van der Waals surface area contributed by atoms with Crippen LogP contribution >= 0.6 is 0 Å². The van der Waals surface area contributed by atoms with Crippen molar-refractivity contribution in [2.75, 3.05) is 12.8 Å². The largest absolute Gasteiger partial charge is 0.497 e. The second kappa shape index (κ2) is 5.65. The highest BCUT2D eigenvalue weighted by Gasteiger charge is 2.12. The molecule has 3 aromatic heterocycles. The van der Waals surface area contributed by atoms with Gasteiger partial charge in [0.05, 0.1) is 24.6 Å². The third kappa shape index (κ3) is 2.54. The molecule has 4 aromatic rings. The number of nitrogens with zero attached hydrogens (tertiary/aromatic N) is 5. The van der Waals surface area contributed by atoms with E-state index >= 15 is 0 Å². The van der Waals surface area contributed by atoms with Crippen molar-refractivity contribution >= 4 is 17.0 Å². The molecule has 0 aliphatic heterocycles. The van der Waals surface area contributed by atoms with Crippen molar-refractivity contribution in [1.82, 2.24) is 25.0 Å². The first kappa shape index (κ1) is 14.2. The molecule has 0 unspecified atom stereocenters. The van der Waals surface area contributed by atoms with E-state index in [9.17, 15) is 0 Å². The Morgan fingerprint density at radius 1 is 1.21 bits per heavy atom. The van der Waals surface area contributed by atoms with Crippen LogP contribution in [0.2, 0.25) is 0 Å². The SMILES string of the molecule is COc1ccc2c(c1)nnn2-c1cc(Cc2ccco2)nc(N)n1. The van der Waals surface area contributed by atoms with Crippen LogP contribution in [0.5, 0.6) is 5.75 Å². The summed E-state index contributed by atoms with van der Waals surface area (Å²) in [4.78, 5) is 8.51. The number of furan rings is 1. The highest BCUT2D eigenvalue weighted by Crippen LogP contribution is 2.21. The summed E-state index contributed by atoms with van der Waals surface area (Å²) < 4.78 is 12.2. The van der Waals surface area contributed by atoms with Gasteiger partial charge in [0.15, 0.2) is 5.82 Å². The van der Waals surface area contributed by atoms with Crippen molar-refractivity contribution < 1.29 is 9.15 Å². The van der Waals surface area contributed by atoms with E-state index in [-0.39, 0.29) is 5.95 Å². The van der Waals surface area contributed by atoms with Gasteiger partial charge in [-0.05, 0) is 24.3 Å². The van der Waals surface area contributed by atoms with Gasteiger partial charge < -0.3 is 14.9 Å². The minimum absolute atomic E-state index is 0.172. The van der Waals surface area contributed by atoms with Crippen molar-refractivity contribution in [3.63, 3.8) is 0 Å². The molecule has 0 bridgehead atoms. The normalized spacial score (nSPS) is 11.0. The quantitative estimate of drug-likeness (QED) is 0.612. The second-order valence-electron chi connectivity index (χ2n) is 5.19. The van der Waals surface area contributed by atoms with Crippen LogP contribution in [0.1, 0.15) is 11.5 Å². The molecule has 0 atom stereocenters. The minimum Gasteiger partial charge on any atom is -0.497 e. The van der Waals surface area contributed by atoms with Crippen LogP contribution in [0.15, 0.2) is 47.1 Å². The average molecular weight is 322 g/mol. The Labute approximate surface area is 136 Å². The predicted molar refractivity (Wildman–Crippen MR) is 86.9 cm³/mol. The summed E-state index contributed by atoms with van der Waals surface area (Å²) in [5, 5.41) is 8.31. The third-order valence-corrected chi connectivity index (χ3v) is 3.59. The minimum atomic E-state index is 0.172. The molecule has 0 radical (unpaired) electrons. The maximum Gasteiger partial charge on any atom is 0.222 e. The number of methoxy groups -OCH3 is 1. The first-order valence-electron chi connectivity index (χ1n) is 7.28. The molecule has 1 aromatic carbocycles. The van der Waals surface area contributed by atoms with E-state index in [4.69, 9.17) is 14.9 Å². The Balaban J connectivity index is 1.77. The Morgan fingerprint density at radius 2 is 2.12 bits per heavy atom. The summed E-state index contributed by atoms with van der Waals surface area (Å²) in [7, 11) is 1.61. The van der Waals surface area contributed by atoms with Gasteiger partial charge in [-0.3, -0.25) is 0 Å². The van der Waals surface area contributed by atoms with Gasteiger partial charge in [0.25, 0.3) is 0 Å². The van der Waals surface area contributed by atoms with Crippen molar-refractivity contribution in [3.8, 4) is 11.6 Å². The molecule has 0 aliphatic rings. The Bertz CT molecular complexity index is 993. The van der Waals surface area contributed by atoms with Gasteiger partial charge in [0.1, 0.15) is 17.0 Å². The van der Waals surface area contributed by atoms with E-state index in [0.717, 1.165) is 22.7 Å². The van der Waals surface area contributed by atoms with Crippen LogP contribution in [0.25, 0.3) is 16.9 Å². The van der Waals surface area contributed by atoms with Crippen molar-refractivity contribution in [3.05, 3.63) is 54.1 Å². The molecule has 2 N–H and O–H groups in total. The zero-order chi connectivity index (χ0) is 16.5. The number of ether oxygens (including phenoxy) is 1. The predicted octanol–water partition coefficient (Wildman–Crippen LogP) is 1.99. The van der Waals surface area contributed by atoms with Crippen LogP contribution in [0.4, 0.5) is 5.95 Å². The third-order valence-electron chi connectivity index (χ3n) is 3.59. The maximum atomic E-state index is 5.85. The summed E-state index contributed by atoms with van der Waals surface area (Å²) in [5.41, 5.74) is 8.10. The van der Waals surface area contributed by atoms with E-state index in [1.54, 1.807) is 18.1 Å². The Hall–Kier alpha value is -3.42. The summed E-state index contributed by atoms with van der Waals surface area (Å²) in [5.74, 6) is 2.24. The molecule has 0 fully saturated rings. The molecule has 120 valence electrons. The lowest BCUT2D eigenvalue weighted by molar-refractivity contribution is 0.415. The lowest BCUT2D eigenvalue weighted by Crippen LogP contribution is -2.07. The number of hydrogen-bond donors (Lipinski definition) is 1. The van der Waals surface area contributed by atoms with E-state index in [1.165, 1.54) is 0 Å². The van der Waals surface area contributed by atoms with Crippen LogP contribution in [0.3, 0.4) is 0 Å². The van der Waals surface area contributed by atoms with E-state index in [0.29, 0.717) is 17.8 Å².